The van der Waals surface area contributed by atoms with Crippen molar-refractivity contribution >= 4 is 5.91 Å². The van der Waals surface area contributed by atoms with Crippen LogP contribution < -0.4 is 5.56 Å². The van der Waals surface area contributed by atoms with E-state index in [2.05, 4.69) is 0 Å². The van der Waals surface area contributed by atoms with Gasteiger partial charge in [-0.15, -0.1) is 0 Å². The summed E-state index contributed by atoms with van der Waals surface area (Å²) in [6.45, 7) is 4.96. The molecule has 0 saturated heterocycles. The molecule has 1 aromatic rings. The van der Waals surface area contributed by atoms with Crippen LogP contribution >= 0.6 is 0 Å². The largest absolute Gasteiger partial charge is 0.274 e. The Hall–Kier alpha value is -1.38. The van der Waals surface area contributed by atoms with E-state index < -0.39 is 0 Å². The molecule has 0 aliphatic carbocycles. The van der Waals surface area contributed by atoms with E-state index in [0.29, 0.717) is 5.69 Å². The summed E-state index contributed by atoms with van der Waals surface area (Å²) >= 11 is 0. The van der Waals surface area contributed by atoms with Crippen molar-refractivity contribution in [3.63, 3.8) is 0 Å². The molecule has 0 aliphatic heterocycles. The monoisotopic (exact) mass is 165 g/mol. The maximum Gasteiger partial charge on any atom is 0.257 e. The van der Waals surface area contributed by atoms with Gasteiger partial charge < -0.3 is 0 Å². The van der Waals surface area contributed by atoms with E-state index in [0.717, 1.165) is 10.1 Å². The second-order valence-corrected chi connectivity index (χ2v) is 2.87. The Kier molecular flexibility index (Phi) is 2.13. The molecule has 0 amide bonds. The number of pyridine rings is 1. The predicted molar refractivity (Wildman–Crippen MR) is 46.5 cm³/mol. The lowest BCUT2D eigenvalue weighted by atomic mass is 10.2. The van der Waals surface area contributed by atoms with Gasteiger partial charge in [0, 0.05) is 18.7 Å². The maximum absolute atomic E-state index is 11.2. The van der Waals surface area contributed by atoms with E-state index in [4.69, 9.17) is 0 Å². The van der Waals surface area contributed by atoms with Crippen LogP contribution in [0.5, 0.6) is 0 Å². The molecular weight excluding hydrogens is 154 g/mol. The fraction of sp³-hybridized carbons (Fsp3) is 0.333. The molecule has 0 radical (unpaired) electrons. The molecule has 64 valence electrons. The van der Waals surface area contributed by atoms with Crippen molar-refractivity contribution in [1.82, 2.24) is 4.57 Å². The highest BCUT2D eigenvalue weighted by Crippen LogP contribution is 1.98. The second kappa shape index (κ2) is 2.93. The molecule has 0 fully saturated rings. The van der Waals surface area contributed by atoms with Crippen molar-refractivity contribution in [2.24, 2.45) is 0 Å². The Labute approximate surface area is 70.6 Å². The van der Waals surface area contributed by atoms with Gasteiger partial charge in [0.2, 0.25) is 5.91 Å². The van der Waals surface area contributed by atoms with Crippen LogP contribution in [0.3, 0.4) is 0 Å². The number of carbonyl (C=O) groups excluding carboxylic acids is 1. The third-order valence-corrected chi connectivity index (χ3v) is 1.68. The van der Waals surface area contributed by atoms with Crippen LogP contribution in [0.2, 0.25) is 0 Å². The average Bonchev–Trinajstić information content (AvgIpc) is 1.82. The molecule has 12 heavy (non-hydrogen) atoms. The molecule has 0 aliphatic rings. The smallest absolute Gasteiger partial charge is 0.257 e. The lowest BCUT2D eigenvalue weighted by molar-refractivity contribution is 0.0930. The summed E-state index contributed by atoms with van der Waals surface area (Å²) in [7, 11) is 0. The highest BCUT2D eigenvalue weighted by molar-refractivity contribution is 5.76. The van der Waals surface area contributed by atoms with Gasteiger partial charge in [-0.3, -0.25) is 14.2 Å². The summed E-state index contributed by atoms with van der Waals surface area (Å²) < 4.78 is 1.16. The first-order valence-corrected chi connectivity index (χ1v) is 3.73. The van der Waals surface area contributed by atoms with Crippen molar-refractivity contribution in [2.45, 2.75) is 20.8 Å². The molecule has 0 atom stereocenters. The van der Waals surface area contributed by atoms with Gasteiger partial charge in [-0.25, -0.2) is 0 Å². The SMILES string of the molecule is CC(=O)n1c(C)cc(C)cc1=O. The van der Waals surface area contributed by atoms with Gasteiger partial charge in [0.15, 0.2) is 0 Å². The van der Waals surface area contributed by atoms with Crippen LogP contribution in [-0.2, 0) is 0 Å². The second-order valence-electron chi connectivity index (χ2n) is 2.87. The van der Waals surface area contributed by atoms with Gasteiger partial charge in [0.1, 0.15) is 0 Å². The third-order valence-electron chi connectivity index (χ3n) is 1.68. The molecule has 1 heterocycles. The van der Waals surface area contributed by atoms with E-state index in [1.807, 2.05) is 13.0 Å². The Morgan fingerprint density at radius 1 is 1.33 bits per heavy atom. The quantitative estimate of drug-likeness (QED) is 0.578. The topological polar surface area (TPSA) is 39.1 Å². The first-order valence-electron chi connectivity index (χ1n) is 3.73. The molecule has 0 N–H and O–H groups in total. The summed E-state index contributed by atoms with van der Waals surface area (Å²) in [6.07, 6.45) is 0. The molecular formula is C9H11NO2. The number of aromatic nitrogens is 1. The van der Waals surface area contributed by atoms with E-state index in [1.54, 1.807) is 6.92 Å². The van der Waals surface area contributed by atoms with Crippen molar-refractivity contribution in [2.75, 3.05) is 0 Å². The van der Waals surface area contributed by atoms with Gasteiger partial charge in [0.05, 0.1) is 0 Å². The average molecular weight is 165 g/mol. The maximum atomic E-state index is 11.2. The van der Waals surface area contributed by atoms with Crippen LogP contribution in [0.1, 0.15) is 23.0 Å². The normalized spacial score (nSPS) is 9.92. The zero-order valence-corrected chi connectivity index (χ0v) is 7.42. The minimum absolute atomic E-state index is 0.238. The van der Waals surface area contributed by atoms with E-state index in [1.165, 1.54) is 13.0 Å². The molecule has 3 heteroatoms. The summed E-state index contributed by atoms with van der Waals surface area (Å²) in [6, 6.07) is 3.26. The molecule has 0 bridgehead atoms. The lowest BCUT2D eigenvalue weighted by Gasteiger charge is -2.04. The number of rotatable bonds is 0. The fourth-order valence-electron chi connectivity index (χ4n) is 1.27. The zero-order chi connectivity index (χ0) is 9.30. The van der Waals surface area contributed by atoms with Crippen LogP contribution in [0.15, 0.2) is 16.9 Å². The van der Waals surface area contributed by atoms with Crippen LogP contribution in [-0.4, -0.2) is 10.5 Å². The number of hydrogen-bond acceptors (Lipinski definition) is 2. The molecule has 1 rings (SSSR count). The molecule has 0 unspecified atom stereocenters. The molecule has 0 spiro atoms. The highest BCUT2D eigenvalue weighted by Gasteiger charge is 2.04. The summed E-state index contributed by atoms with van der Waals surface area (Å²) in [5, 5.41) is 0. The van der Waals surface area contributed by atoms with Crippen molar-refractivity contribution in [3.05, 3.63) is 33.7 Å². The van der Waals surface area contributed by atoms with Crippen LogP contribution in [0.25, 0.3) is 0 Å². The first-order chi connectivity index (χ1) is 5.52. The van der Waals surface area contributed by atoms with Crippen molar-refractivity contribution < 1.29 is 4.79 Å². The first kappa shape index (κ1) is 8.71. The number of carbonyl (C=O) groups is 1. The van der Waals surface area contributed by atoms with E-state index in [9.17, 15) is 9.59 Å². The zero-order valence-electron chi connectivity index (χ0n) is 7.42. The van der Waals surface area contributed by atoms with E-state index in [-0.39, 0.29) is 11.5 Å². The van der Waals surface area contributed by atoms with Crippen molar-refractivity contribution in [1.29, 1.82) is 0 Å². The van der Waals surface area contributed by atoms with Gasteiger partial charge in [0.25, 0.3) is 5.56 Å². The Morgan fingerprint density at radius 2 is 1.92 bits per heavy atom. The highest BCUT2D eigenvalue weighted by atomic mass is 16.2. The van der Waals surface area contributed by atoms with Crippen LogP contribution in [0.4, 0.5) is 0 Å². The minimum atomic E-state index is -0.250. The standard InChI is InChI=1S/C9H11NO2/c1-6-4-7(2)10(8(3)11)9(12)5-6/h4-5H,1-3H3. The Bertz CT molecular complexity index is 377. The van der Waals surface area contributed by atoms with Gasteiger partial charge in [-0.1, -0.05) is 0 Å². The molecule has 0 aromatic carbocycles. The lowest BCUT2D eigenvalue weighted by Crippen LogP contribution is -2.26. The summed E-state index contributed by atoms with van der Waals surface area (Å²) in [5.41, 5.74) is 1.32. The predicted octanol–water partition coefficient (Wildman–Crippen LogP) is 1.13. The minimum Gasteiger partial charge on any atom is -0.274 e. The van der Waals surface area contributed by atoms with Gasteiger partial charge >= 0.3 is 0 Å². The third kappa shape index (κ3) is 1.44. The number of nitrogens with zero attached hydrogens (tertiary/aromatic N) is 1. The number of aryl methyl sites for hydroxylation is 2. The van der Waals surface area contributed by atoms with Crippen molar-refractivity contribution in [3.8, 4) is 0 Å². The summed E-state index contributed by atoms with van der Waals surface area (Å²) in [4.78, 5) is 22.2. The summed E-state index contributed by atoms with van der Waals surface area (Å²) in [5.74, 6) is -0.238. The Balaban J connectivity index is 3.49. The molecule has 3 nitrogen and oxygen atoms in total. The van der Waals surface area contributed by atoms with E-state index >= 15 is 0 Å². The van der Waals surface area contributed by atoms with Crippen LogP contribution in [0, 0.1) is 13.8 Å². The Morgan fingerprint density at radius 3 is 2.33 bits per heavy atom. The molecule has 0 saturated carbocycles. The fourth-order valence-corrected chi connectivity index (χ4v) is 1.27. The number of hydrogen-bond donors (Lipinski definition) is 0. The molecule has 1 aromatic heterocycles. The van der Waals surface area contributed by atoms with Gasteiger partial charge in [-0.05, 0) is 25.5 Å². The van der Waals surface area contributed by atoms with Gasteiger partial charge in [-0.2, -0.15) is 0 Å².